The van der Waals surface area contributed by atoms with Gasteiger partial charge in [0, 0.05) is 26.7 Å². The molecule has 3 aromatic rings. The van der Waals surface area contributed by atoms with E-state index in [1.807, 2.05) is 25.1 Å². The van der Waals surface area contributed by atoms with Crippen LogP contribution in [-0.2, 0) is 13.0 Å². The predicted molar refractivity (Wildman–Crippen MR) is 115 cm³/mol. The molecule has 1 heterocycles. The molecule has 0 amide bonds. The van der Waals surface area contributed by atoms with Crippen LogP contribution < -0.4 is 15.4 Å². The number of fused-ring (bicyclic) bond motifs is 1. The van der Waals surface area contributed by atoms with Gasteiger partial charge in [0.15, 0.2) is 5.96 Å². The molecule has 6 nitrogen and oxygen atoms in total. The van der Waals surface area contributed by atoms with Gasteiger partial charge in [-0.25, -0.2) is 4.98 Å². The van der Waals surface area contributed by atoms with Crippen molar-refractivity contribution in [3.05, 3.63) is 59.4 Å². The highest BCUT2D eigenvalue weighted by atomic mass is 16.5. The van der Waals surface area contributed by atoms with Crippen LogP contribution in [0.1, 0.15) is 17.0 Å². The number of aliphatic imine (C=N–C) groups is 1. The van der Waals surface area contributed by atoms with Gasteiger partial charge in [-0.1, -0.05) is 24.3 Å². The zero-order valence-corrected chi connectivity index (χ0v) is 17.1. The fraction of sp³-hybridized carbons (Fsp3) is 0.364. The molecule has 28 heavy (non-hydrogen) atoms. The average Bonchev–Trinajstić information content (AvgIpc) is 3.03. The van der Waals surface area contributed by atoms with Crippen molar-refractivity contribution in [2.75, 3.05) is 27.2 Å². The van der Waals surface area contributed by atoms with Gasteiger partial charge in [-0.2, -0.15) is 0 Å². The van der Waals surface area contributed by atoms with Gasteiger partial charge in [0.05, 0.1) is 18.1 Å². The molecule has 148 valence electrons. The number of nitrogens with zero attached hydrogens (tertiary/aromatic N) is 3. The molecule has 2 N–H and O–H groups in total. The summed E-state index contributed by atoms with van der Waals surface area (Å²) in [6, 6.07) is 14.6. The molecule has 2 aromatic carbocycles. The lowest BCUT2D eigenvalue weighted by Gasteiger charge is -2.14. The molecule has 6 heteroatoms. The summed E-state index contributed by atoms with van der Waals surface area (Å²) in [5.74, 6) is 2.77. The number of aromatic nitrogens is 2. The Bertz CT molecular complexity index is 961. The van der Waals surface area contributed by atoms with Gasteiger partial charge in [-0.3, -0.25) is 4.99 Å². The van der Waals surface area contributed by atoms with Crippen molar-refractivity contribution in [3.63, 3.8) is 0 Å². The lowest BCUT2D eigenvalue weighted by molar-refractivity contribution is 0.411. The first kappa shape index (κ1) is 19.7. The Hall–Kier alpha value is -3.02. The summed E-state index contributed by atoms with van der Waals surface area (Å²) >= 11 is 0. The maximum Gasteiger partial charge on any atom is 0.191 e. The fourth-order valence-electron chi connectivity index (χ4n) is 3.33. The van der Waals surface area contributed by atoms with Crippen LogP contribution in [0.5, 0.6) is 5.75 Å². The minimum absolute atomic E-state index is 0.777. The van der Waals surface area contributed by atoms with Crippen molar-refractivity contribution in [1.82, 2.24) is 20.2 Å². The van der Waals surface area contributed by atoms with Gasteiger partial charge in [0.2, 0.25) is 0 Å². The van der Waals surface area contributed by atoms with E-state index in [1.54, 1.807) is 14.2 Å². The van der Waals surface area contributed by atoms with Gasteiger partial charge in [0.1, 0.15) is 11.6 Å². The van der Waals surface area contributed by atoms with Crippen molar-refractivity contribution < 1.29 is 4.74 Å². The summed E-state index contributed by atoms with van der Waals surface area (Å²) in [4.78, 5) is 8.93. The van der Waals surface area contributed by atoms with Crippen LogP contribution in [0, 0.1) is 13.8 Å². The van der Waals surface area contributed by atoms with Gasteiger partial charge in [0.25, 0.3) is 0 Å². The van der Waals surface area contributed by atoms with Crippen molar-refractivity contribution in [2.24, 2.45) is 4.99 Å². The Balaban J connectivity index is 1.49. The molecule has 0 aliphatic heterocycles. The molecule has 0 aliphatic rings. The number of para-hydroxylation sites is 2. The number of hydrogen-bond acceptors (Lipinski definition) is 3. The van der Waals surface area contributed by atoms with E-state index < -0.39 is 0 Å². The third kappa shape index (κ3) is 4.63. The van der Waals surface area contributed by atoms with Crippen LogP contribution in [0.15, 0.2) is 47.5 Å². The Kier molecular flexibility index (Phi) is 6.53. The summed E-state index contributed by atoms with van der Waals surface area (Å²) in [6.45, 7) is 6.51. The molecule has 0 atom stereocenters. The number of guanidine groups is 1. The Morgan fingerprint density at radius 2 is 1.89 bits per heavy atom. The first-order valence-corrected chi connectivity index (χ1v) is 9.62. The minimum Gasteiger partial charge on any atom is -0.496 e. The van der Waals surface area contributed by atoms with E-state index >= 15 is 0 Å². The Morgan fingerprint density at radius 1 is 1.11 bits per heavy atom. The van der Waals surface area contributed by atoms with E-state index in [0.29, 0.717) is 0 Å². The van der Waals surface area contributed by atoms with Gasteiger partial charge in [-0.05, 0) is 49.6 Å². The molecule has 0 aliphatic carbocycles. The van der Waals surface area contributed by atoms with Crippen LogP contribution in [0.25, 0.3) is 11.0 Å². The van der Waals surface area contributed by atoms with Crippen LogP contribution in [0.3, 0.4) is 0 Å². The molecule has 0 saturated heterocycles. The molecule has 0 spiro atoms. The fourth-order valence-corrected chi connectivity index (χ4v) is 3.33. The van der Waals surface area contributed by atoms with Crippen molar-refractivity contribution in [3.8, 4) is 5.75 Å². The summed E-state index contributed by atoms with van der Waals surface area (Å²) in [5, 5.41) is 6.76. The minimum atomic E-state index is 0.777. The first-order chi connectivity index (χ1) is 13.6. The highest BCUT2D eigenvalue weighted by Crippen LogP contribution is 2.19. The van der Waals surface area contributed by atoms with E-state index in [-0.39, 0.29) is 0 Å². The number of ether oxygens (including phenoxy) is 1. The highest BCUT2D eigenvalue weighted by molar-refractivity contribution is 5.79. The third-order valence-electron chi connectivity index (χ3n) is 4.88. The second-order valence-corrected chi connectivity index (χ2v) is 6.78. The molecular weight excluding hydrogens is 350 g/mol. The zero-order valence-electron chi connectivity index (χ0n) is 17.1. The maximum absolute atomic E-state index is 5.40. The van der Waals surface area contributed by atoms with Gasteiger partial charge < -0.3 is 19.9 Å². The van der Waals surface area contributed by atoms with Crippen LogP contribution in [-0.4, -0.2) is 42.8 Å². The quantitative estimate of drug-likeness (QED) is 0.489. The summed E-state index contributed by atoms with van der Waals surface area (Å²) in [5.41, 5.74) is 4.60. The molecule has 0 unspecified atom stereocenters. The Morgan fingerprint density at radius 3 is 2.68 bits per heavy atom. The topological polar surface area (TPSA) is 63.5 Å². The second kappa shape index (κ2) is 9.26. The standard InChI is InChI=1S/C22H29N5O/c1-16-9-10-18(15-21(16)28-4)11-12-24-22(23-3)25-13-14-27-17(2)26-19-7-5-6-8-20(19)27/h5-10,15H,11-14H2,1-4H3,(H2,23,24,25). The van der Waals surface area contributed by atoms with Crippen molar-refractivity contribution >= 4 is 17.0 Å². The third-order valence-corrected chi connectivity index (χ3v) is 4.88. The molecule has 0 bridgehead atoms. The maximum atomic E-state index is 5.40. The lowest BCUT2D eigenvalue weighted by atomic mass is 10.1. The number of aryl methyl sites for hydroxylation is 2. The smallest absolute Gasteiger partial charge is 0.191 e. The molecule has 0 radical (unpaired) electrons. The number of hydrogen-bond donors (Lipinski definition) is 2. The molecular formula is C22H29N5O. The number of imidazole rings is 1. The number of nitrogens with one attached hydrogen (secondary N) is 2. The van der Waals surface area contributed by atoms with E-state index in [0.717, 1.165) is 60.2 Å². The summed E-state index contributed by atoms with van der Waals surface area (Å²) < 4.78 is 7.63. The molecule has 1 aromatic heterocycles. The predicted octanol–water partition coefficient (Wildman–Crippen LogP) is 3.07. The SMILES string of the molecule is CN=C(NCCc1ccc(C)c(OC)c1)NCCn1c(C)nc2ccccc21. The molecule has 0 fully saturated rings. The normalized spacial score (nSPS) is 11.6. The second-order valence-electron chi connectivity index (χ2n) is 6.78. The van der Waals surface area contributed by atoms with E-state index in [4.69, 9.17) is 4.74 Å². The van der Waals surface area contributed by atoms with Crippen LogP contribution >= 0.6 is 0 Å². The van der Waals surface area contributed by atoms with Gasteiger partial charge >= 0.3 is 0 Å². The van der Waals surface area contributed by atoms with Crippen LogP contribution in [0.4, 0.5) is 0 Å². The molecule has 0 saturated carbocycles. The van der Waals surface area contributed by atoms with E-state index in [9.17, 15) is 0 Å². The highest BCUT2D eigenvalue weighted by Gasteiger charge is 2.06. The monoisotopic (exact) mass is 379 g/mol. The first-order valence-electron chi connectivity index (χ1n) is 9.62. The van der Waals surface area contributed by atoms with Crippen molar-refractivity contribution in [1.29, 1.82) is 0 Å². The summed E-state index contributed by atoms with van der Waals surface area (Å²) in [6.07, 6.45) is 0.905. The number of methoxy groups -OCH3 is 1. The largest absolute Gasteiger partial charge is 0.496 e. The van der Waals surface area contributed by atoms with Crippen molar-refractivity contribution in [2.45, 2.75) is 26.8 Å². The number of benzene rings is 2. The number of rotatable bonds is 7. The zero-order chi connectivity index (χ0) is 19.9. The van der Waals surface area contributed by atoms with E-state index in [2.05, 4.69) is 56.4 Å². The van der Waals surface area contributed by atoms with Gasteiger partial charge in [-0.15, -0.1) is 0 Å². The molecule has 3 rings (SSSR count). The average molecular weight is 380 g/mol. The summed E-state index contributed by atoms with van der Waals surface area (Å²) in [7, 11) is 3.50. The van der Waals surface area contributed by atoms with Crippen LogP contribution in [0.2, 0.25) is 0 Å². The van der Waals surface area contributed by atoms with E-state index in [1.165, 1.54) is 5.56 Å². The lowest BCUT2D eigenvalue weighted by Crippen LogP contribution is -2.39. The Labute approximate surface area is 166 Å².